The zero-order chi connectivity index (χ0) is 22.6. The van der Waals surface area contributed by atoms with Crippen LogP contribution in [0, 0.1) is 5.82 Å². The molecule has 162 valence electrons. The van der Waals surface area contributed by atoms with Gasteiger partial charge in [0.15, 0.2) is 0 Å². The van der Waals surface area contributed by atoms with E-state index in [4.69, 9.17) is 0 Å². The molecule has 1 aliphatic rings. The number of rotatable bonds is 4. The Kier molecular flexibility index (Phi) is 4.60. The largest absolute Gasteiger partial charge is 0.386 e. The zero-order valence-electron chi connectivity index (χ0n) is 18.1. The quantitative estimate of drug-likeness (QED) is 0.528. The Morgan fingerprint density at radius 3 is 2.69 bits per heavy atom. The zero-order valence-corrected chi connectivity index (χ0v) is 18.1. The third-order valence-electron chi connectivity index (χ3n) is 5.88. The van der Waals surface area contributed by atoms with Gasteiger partial charge >= 0.3 is 0 Å². The predicted molar refractivity (Wildman–Crippen MR) is 119 cm³/mol. The average Bonchev–Trinajstić information content (AvgIpc) is 3.27. The van der Waals surface area contributed by atoms with Crippen molar-refractivity contribution in [2.24, 2.45) is 7.05 Å². The molecule has 0 fully saturated rings. The maximum Gasteiger partial charge on any atom is 0.256 e. The molecule has 0 saturated carbocycles. The number of carbonyl (C=O) groups excluding carboxylic acids is 1. The number of aryl methyl sites for hydroxylation is 1. The fraction of sp³-hybridized carbons (Fsp3) is 0.240. The summed E-state index contributed by atoms with van der Waals surface area (Å²) < 4.78 is 16.8. The SMILES string of the molecule is Cn1cc2cc(-c3ccc(CN4Cc5ncccc5C4=O)c(F)c3)cc(C(C)(C)O)c2n1. The van der Waals surface area contributed by atoms with Gasteiger partial charge in [0.05, 0.1) is 28.9 Å². The highest BCUT2D eigenvalue weighted by atomic mass is 19.1. The van der Waals surface area contributed by atoms with E-state index in [9.17, 15) is 9.90 Å². The highest BCUT2D eigenvalue weighted by Gasteiger charge is 2.28. The molecule has 32 heavy (non-hydrogen) atoms. The smallest absolute Gasteiger partial charge is 0.256 e. The maximum absolute atomic E-state index is 15.1. The van der Waals surface area contributed by atoms with Crippen molar-refractivity contribution >= 4 is 16.8 Å². The van der Waals surface area contributed by atoms with Crippen molar-refractivity contribution in [1.82, 2.24) is 19.7 Å². The number of pyridine rings is 1. The van der Waals surface area contributed by atoms with Crippen LogP contribution in [0.15, 0.2) is 54.9 Å². The van der Waals surface area contributed by atoms with E-state index in [-0.39, 0.29) is 18.3 Å². The summed E-state index contributed by atoms with van der Waals surface area (Å²) in [6.45, 7) is 3.98. The second kappa shape index (κ2) is 7.24. The fourth-order valence-corrected chi connectivity index (χ4v) is 4.26. The third kappa shape index (κ3) is 3.44. The number of benzene rings is 2. The van der Waals surface area contributed by atoms with E-state index in [1.54, 1.807) is 47.8 Å². The molecule has 0 atom stereocenters. The van der Waals surface area contributed by atoms with E-state index in [2.05, 4.69) is 10.1 Å². The summed E-state index contributed by atoms with van der Waals surface area (Å²) in [6, 6.07) is 12.3. The topological polar surface area (TPSA) is 71.2 Å². The lowest BCUT2D eigenvalue weighted by Crippen LogP contribution is -2.23. The highest BCUT2D eigenvalue weighted by Crippen LogP contribution is 2.34. The Labute approximate surface area is 184 Å². The monoisotopic (exact) mass is 430 g/mol. The maximum atomic E-state index is 15.1. The van der Waals surface area contributed by atoms with Crippen molar-refractivity contribution in [2.75, 3.05) is 0 Å². The van der Waals surface area contributed by atoms with E-state index >= 15 is 4.39 Å². The van der Waals surface area contributed by atoms with Crippen LogP contribution in [0.5, 0.6) is 0 Å². The van der Waals surface area contributed by atoms with Crippen molar-refractivity contribution in [2.45, 2.75) is 32.5 Å². The number of hydrogen-bond acceptors (Lipinski definition) is 4. The van der Waals surface area contributed by atoms with Crippen LogP contribution in [0.2, 0.25) is 0 Å². The molecule has 1 N–H and O–H groups in total. The number of nitrogens with zero attached hydrogens (tertiary/aromatic N) is 4. The lowest BCUT2D eigenvalue weighted by atomic mass is 9.91. The van der Waals surface area contributed by atoms with Crippen molar-refractivity contribution in [3.8, 4) is 11.1 Å². The van der Waals surface area contributed by atoms with Gasteiger partial charge in [-0.1, -0.05) is 12.1 Å². The first-order valence-corrected chi connectivity index (χ1v) is 10.4. The number of hydrogen-bond donors (Lipinski definition) is 1. The molecule has 0 spiro atoms. The Morgan fingerprint density at radius 2 is 1.97 bits per heavy atom. The number of halogens is 1. The first-order chi connectivity index (χ1) is 15.2. The van der Waals surface area contributed by atoms with Gasteiger partial charge < -0.3 is 10.0 Å². The van der Waals surface area contributed by atoms with E-state index in [1.165, 1.54) is 6.07 Å². The molecule has 4 aromatic rings. The van der Waals surface area contributed by atoms with Gasteiger partial charge in [-0.15, -0.1) is 0 Å². The standard InChI is InChI=1S/C25H23FN4O2/c1-25(2,32)20-10-17(9-18-12-29(3)28-23(18)20)15-6-7-16(21(26)11-15)13-30-14-22-19(24(30)31)5-4-8-27-22/h4-12,32H,13-14H2,1-3H3. The number of aromatic nitrogens is 3. The number of carbonyl (C=O) groups is 1. The molecule has 5 rings (SSSR count). The highest BCUT2D eigenvalue weighted by molar-refractivity contribution is 5.97. The van der Waals surface area contributed by atoms with Crippen LogP contribution < -0.4 is 0 Å². The van der Waals surface area contributed by atoms with Gasteiger partial charge in [-0.3, -0.25) is 14.5 Å². The van der Waals surface area contributed by atoms with Crippen LogP contribution in [-0.4, -0.2) is 30.7 Å². The Bertz CT molecular complexity index is 1370. The van der Waals surface area contributed by atoms with Crippen LogP contribution in [0.25, 0.3) is 22.0 Å². The minimum absolute atomic E-state index is 0.131. The minimum atomic E-state index is -1.10. The summed E-state index contributed by atoms with van der Waals surface area (Å²) in [5, 5.41) is 16.0. The molecule has 0 radical (unpaired) electrons. The van der Waals surface area contributed by atoms with Gasteiger partial charge in [-0.2, -0.15) is 5.10 Å². The lowest BCUT2D eigenvalue weighted by molar-refractivity contribution is 0.0763. The molecule has 0 aliphatic carbocycles. The van der Waals surface area contributed by atoms with E-state index in [1.807, 2.05) is 31.4 Å². The fourth-order valence-electron chi connectivity index (χ4n) is 4.26. The normalized spacial score (nSPS) is 13.8. The van der Waals surface area contributed by atoms with Gasteiger partial charge in [-0.25, -0.2) is 4.39 Å². The summed E-state index contributed by atoms with van der Waals surface area (Å²) in [6.07, 6.45) is 3.54. The van der Waals surface area contributed by atoms with E-state index in [0.717, 1.165) is 22.2 Å². The van der Waals surface area contributed by atoms with E-state index < -0.39 is 5.60 Å². The van der Waals surface area contributed by atoms with Gasteiger partial charge in [-0.05, 0) is 55.3 Å². The Morgan fingerprint density at radius 1 is 1.16 bits per heavy atom. The van der Waals surface area contributed by atoms with Crippen molar-refractivity contribution in [3.63, 3.8) is 0 Å². The summed E-state index contributed by atoms with van der Waals surface area (Å²) in [7, 11) is 1.83. The molecule has 7 heteroatoms. The first kappa shape index (κ1) is 20.3. The van der Waals surface area contributed by atoms with Crippen molar-refractivity contribution < 1.29 is 14.3 Å². The second-order valence-electron chi connectivity index (χ2n) is 8.79. The van der Waals surface area contributed by atoms with E-state index in [0.29, 0.717) is 28.8 Å². The second-order valence-corrected chi connectivity index (χ2v) is 8.79. The van der Waals surface area contributed by atoms with Crippen LogP contribution >= 0.6 is 0 Å². The summed E-state index contributed by atoms with van der Waals surface area (Å²) in [5.74, 6) is -0.510. The number of amides is 1. The van der Waals surface area contributed by atoms with Crippen LogP contribution in [-0.2, 0) is 25.7 Å². The summed E-state index contributed by atoms with van der Waals surface area (Å²) in [4.78, 5) is 18.4. The molecule has 0 unspecified atom stereocenters. The Hall–Kier alpha value is -3.58. The van der Waals surface area contributed by atoms with Gasteiger partial charge in [0, 0.05) is 42.5 Å². The van der Waals surface area contributed by atoms with Crippen LogP contribution in [0.4, 0.5) is 4.39 Å². The summed E-state index contributed by atoms with van der Waals surface area (Å²) >= 11 is 0. The average molecular weight is 430 g/mol. The molecule has 1 amide bonds. The first-order valence-electron chi connectivity index (χ1n) is 10.4. The van der Waals surface area contributed by atoms with Crippen molar-refractivity contribution in [1.29, 1.82) is 0 Å². The van der Waals surface area contributed by atoms with Gasteiger partial charge in [0.25, 0.3) is 5.91 Å². The molecule has 2 aromatic heterocycles. The molecule has 0 bridgehead atoms. The van der Waals surface area contributed by atoms with Gasteiger partial charge in [0.1, 0.15) is 5.82 Å². The predicted octanol–water partition coefficient (Wildman–Crippen LogP) is 4.16. The third-order valence-corrected chi connectivity index (χ3v) is 5.88. The molecule has 3 heterocycles. The van der Waals surface area contributed by atoms with Crippen LogP contribution in [0.3, 0.4) is 0 Å². The summed E-state index contributed by atoms with van der Waals surface area (Å²) in [5.41, 5.74) is 3.54. The van der Waals surface area contributed by atoms with Gasteiger partial charge in [0.2, 0.25) is 0 Å². The molecule has 0 saturated heterocycles. The molecule has 6 nitrogen and oxygen atoms in total. The minimum Gasteiger partial charge on any atom is -0.386 e. The number of aliphatic hydroxyl groups is 1. The molecule has 2 aromatic carbocycles. The number of fused-ring (bicyclic) bond motifs is 2. The Balaban J connectivity index is 1.48. The molecular weight excluding hydrogens is 407 g/mol. The molecular formula is C25H23FN4O2. The molecule has 1 aliphatic heterocycles. The van der Waals surface area contributed by atoms with Crippen molar-refractivity contribution in [3.05, 3.63) is 83.1 Å². The van der Waals surface area contributed by atoms with Crippen LogP contribution in [0.1, 0.15) is 41.0 Å². The lowest BCUT2D eigenvalue weighted by Gasteiger charge is -2.20.